The molecule has 0 aromatic heterocycles. The van der Waals surface area contributed by atoms with Crippen LogP contribution in [-0.4, -0.2) is 21.1 Å². The Balaban J connectivity index is 1.93. The van der Waals surface area contributed by atoms with Crippen molar-refractivity contribution in [3.8, 4) is 0 Å². The molecule has 0 radical (unpaired) electrons. The van der Waals surface area contributed by atoms with Gasteiger partial charge in [0.1, 0.15) is 0 Å². The molecular weight excluding hydrogens is 325 g/mol. The number of benzene rings is 2. The summed E-state index contributed by atoms with van der Waals surface area (Å²) in [6.07, 6.45) is 0. The van der Waals surface area contributed by atoms with Gasteiger partial charge in [-0.25, -0.2) is 0 Å². The summed E-state index contributed by atoms with van der Waals surface area (Å²) in [5, 5.41) is 0. The molecule has 0 aliphatic heterocycles. The van der Waals surface area contributed by atoms with E-state index in [1.165, 1.54) is 12.1 Å². The fourth-order valence-electron chi connectivity index (χ4n) is 1.62. The van der Waals surface area contributed by atoms with Crippen LogP contribution in [0.4, 0.5) is 8.78 Å². The van der Waals surface area contributed by atoms with Crippen molar-refractivity contribution in [1.29, 1.82) is 0 Å². The van der Waals surface area contributed by atoms with Gasteiger partial charge < -0.3 is 0 Å². The molecule has 0 aliphatic rings. The molecule has 0 saturated heterocycles. The van der Waals surface area contributed by atoms with Crippen LogP contribution >= 0.6 is 0 Å². The van der Waals surface area contributed by atoms with Gasteiger partial charge in [0.05, 0.1) is 0 Å². The summed E-state index contributed by atoms with van der Waals surface area (Å²) in [5.74, 6) is -0.274. The quantitative estimate of drug-likeness (QED) is 0.751. The van der Waals surface area contributed by atoms with Crippen molar-refractivity contribution in [3.63, 3.8) is 0 Å². The van der Waals surface area contributed by atoms with Crippen molar-refractivity contribution in [2.24, 2.45) is 0 Å². The third-order valence-corrected chi connectivity index (χ3v) is 6.15. The third kappa shape index (κ3) is 3.53. The molecule has 0 saturated carbocycles. The van der Waals surface area contributed by atoms with Gasteiger partial charge in [0.25, 0.3) is 0 Å². The molecule has 0 nitrogen and oxygen atoms in total. The first-order valence-electron chi connectivity index (χ1n) is 5.45. The van der Waals surface area contributed by atoms with Gasteiger partial charge in [0, 0.05) is 0 Å². The van der Waals surface area contributed by atoms with Gasteiger partial charge in [0.2, 0.25) is 0 Å². The second kappa shape index (κ2) is 6.15. The molecule has 0 atom stereocenters. The summed E-state index contributed by atoms with van der Waals surface area (Å²) in [7, 11) is 0. The molecule has 0 N–H and O–H groups in total. The molecule has 2 aromatic rings. The van der Waals surface area contributed by atoms with E-state index in [4.69, 9.17) is 0 Å². The van der Waals surface area contributed by atoms with Gasteiger partial charge in [-0.05, 0) is 0 Å². The fourth-order valence-corrected chi connectivity index (χ4v) is 5.15. The summed E-state index contributed by atoms with van der Waals surface area (Å²) in [6, 6.07) is 13.7. The first-order valence-corrected chi connectivity index (χ1v) is 9.48. The van der Waals surface area contributed by atoms with E-state index < -0.39 is 21.1 Å². The Bertz CT molecular complexity index is 452. The van der Waals surface area contributed by atoms with Crippen molar-refractivity contribution in [2.75, 3.05) is 0 Å². The van der Waals surface area contributed by atoms with Crippen LogP contribution in [0.15, 0.2) is 48.5 Å². The molecule has 3 heteroatoms. The van der Waals surface area contributed by atoms with Gasteiger partial charge in [-0.3, -0.25) is 0 Å². The zero-order chi connectivity index (χ0) is 12.1. The van der Waals surface area contributed by atoms with Crippen LogP contribution in [0.1, 0.15) is 11.1 Å². The van der Waals surface area contributed by atoms with Gasteiger partial charge in [-0.1, -0.05) is 0 Å². The van der Waals surface area contributed by atoms with E-state index in [9.17, 15) is 8.78 Å². The number of hydrogen-bond acceptors (Lipinski definition) is 0. The molecule has 17 heavy (non-hydrogen) atoms. The van der Waals surface area contributed by atoms with Crippen LogP contribution in [0.3, 0.4) is 0 Å². The van der Waals surface area contributed by atoms with Gasteiger partial charge in [0.15, 0.2) is 0 Å². The van der Waals surface area contributed by atoms with Crippen LogP contribution in [0.25, 0.3) is 0 Å². The molecule has 0 heterocycles. The number of halogens is 2. The van der Waals surface area contributed by atoms with E-state index in [-0.39, 0.29) is 11.6 Å². The second-order valence-electron chi connectivity index (χ2n) is 3.79. The van der Waals surface area contributed by atoms with Crippen molar-refractivity contribution >= 4 is 21.1 Å². The van der Waals surface area contributed by atoms with E-state index in [0.717, 1.165) is 20.0 Å². The summed E-state index contributed by atoms with van der Waals surface area (Å²) in [5.41, 5.74) is 1.55. The minimum absolute atomic E-state index is 0.137. The molecule has 0 spiro atoms. The minimum atomic E-state index is -0.790. The van der Waals surface area contributed by atoms with Crippen molar-refractivity contribution in [3.05, 3.63) is 71.3 Å². The Morgan fingerprint density at radius 3 is 1.53 bits per heavy atom. The SMILES string of the molecule is Fc1ccccc1[CH2][Sn+2][CH2]c1ccccc1F. The Morgan fingerprint density at radius 1 is 0.706 bits per heavy atom. The predicted octanol–water partition coefficient (Wildman–Crippen LogP) is 3.37. The zero-order valence-corrected chi connectivity index (χ0v) is 12.1. The molecule has 0 aliphatic carbocycles. The first kappa shape index (κ1) is 12.6. The van der Waals surface area contributed by atoms with E-state index >= 15 is 0 Å². The second-order valence-corrected chi connectivity index (χ2v) is 7.23. The van der Waals surface area contributed by atoms with Crippen LogP contribution in [0.2, 0.25) is 0 Å². The van der Waals surface area contributed by atoms with Crippen molar-refractivity contribution in [2.45, 2.75) is 8.87 Å². The summed E-state index contributed by atoms with van der Waals surface area (Å²) >= 11 is -0.790. The Labute approximate surface area is 110 Å². The zero-order valence-electron chi connectivity index (χ0n) is 9.29. The average molecular weight is 337 g/mol. The normalized spacial score (nSPS) is 10.0. The predicted molar refractivity (Wildman–Crippen MR) is 66.0 cm³/mol. The molecular formula is C14H12F2Sn+2. The monoisotopic (exact) mass is 338 g/mol. The summed E-state index contributed by atoms with van der Waals surface area (Å²) in [4.78, 5) is 0. The first-order chi connectivity index (χ1) is 8.27. The number of rotatable bonds is 4. The van der Waals surface area contributed by atoms with Crippen LogP contribution in [0.5, 0.6) is 0 Å². The summed E-state index contributed by atoms with van der Waals surface area (Å²) < 4.78 is 28.3. The molecule has 0 amide bonds. The van der Waals surface area contributed by atoms with E-state index in [2.05, 4.69) is 0 Å². The molecule has 84 valence electrons. The van der Waals surface area contributed by atoms with Crippen LogP contribution < -0.4 is 0 Å². The van der Waals surface area contributed by atoms with Crippen LogP contribution in [-0.2, 0) is 8.87 Å². The third-order valence-electron chi connectivity index (χ3n) is 2.55. The molecule has 2 rings (SSSR count). The van der Waals surface area contributed by atoms with E-state index in [1.54, 1.807) is 12.1 Å². The maximum absolute atomic E-state index is 13.3. The molecule has 0 unspecified atom stereocenters. The maximum atomic E-state index is 13.3. The molecule has 2 aromatic carbocycles. The average Bonchev–Trinajstić information content (AvgIpc) is 2.34. The Kier molecular flexibility index (Phi) is 4.54. The van der Waals surface area contributed by atoms with Crippen molar-refractivity contribution in [1.82, 2.24) is 0 Å². The van der Waals surface area contributed by atoms with Gasteiger partial charge in [-0.15, -0.1) is 0 Å². The molecule has 0 bridgehead atoms. The van der Waals surface area contributed by atoms with Gasteiger partial charge in [-0.2, -0.15) is 0 Å². The molecule has 0 fully saturated rings. The van der Waals surface area contributed by atoms with E-state index in [0.29, 0.717) is 0 Å². The Morgan fingerprint density at radius 2 is 1.12 bits per heavy atom. The fraction of sp³-hybridized carbons (Fsp3) is 0.143. The summed E-state index contributed by atoms with van der Waals surface area (Å²) in [6.45, 7) is 0. The number of hydrogen-bond donors (Lipinski definition) is 0. The van der Waals surface area contributed by atoms with E-state index in [1.807, 2.05) is 24.3 Å². The van der Waals surface area contributed by atoms with Crippen molar-refractivity contribution < 1.29 is 8.78 Å². The van der Waals surface area contributed by atoms with Gasteiger partial charge >= 0.3 is 110 Å². The van der Waals surface area contributed by atoms with Crippen LogP contribution in [0, 0.1) is 11.6 Å². The standard InChI is InChI=1S/2C7H6F.Sn/c2*1-6-4-2-3-5-7(6)8;/h2*2-5H,1H2;/q;;+2. The Hall–Kier alpha value is -0.901. The topological polar surface area (TPSA) is 0 Å².